The molecule has 0 aromatic carbocycles. The Morgan fingerprint density at radius 2 is 0.824 bits per heavy atom. The first-order chi connectivity index (χ1) is 8.43. The van der Waals surface area contributed by atoms with E-state index in [1.54, 1.807) is 0 Å². The van der Waals surface area contributed by atoms with Gasteiger partial charge in [0.15, 0.2) is 0 Å². The third-order valence-corrected chi connectivity index (χ3v) is 3.81. The quantitative estimate of drug-likeness (QED) is 0.516. The van der Waals surface area contributed by atoms with Crippen LogP contribution in [0.4, 0.5) is 0 Å². The fourth-order valence-electron chi connectivity index (χ4n) is 2.64. The minimum Gasteiger partial charge on any atom is -0.145 e. The van der Waals surface area contributed by atoms with Gasteiger partial charge in [-0.2, -0.15) is 0 Å². The zero-order valence-electron chi connectivity index (χ0n) is 11.3. The molecule has 1 saturated carbocycles. The first-order valence-electron chi connectivity index (χ1n) is 7.61. The maximum atomic E-state index is 10.7. The van der Waals surface area contributed by atoms with Crippen LogP contribution in [0.1, 0.15) is 89.9 Å². The highest BCUT2D eigenvalue weighted by molar-refractivity contribution is 5.83. The summed E-state index contributed by atoms with van der Waals surface area (Å²) in [6, 6.07) is 0. The highest BCUT2D eigenvalue weighted by Crippen LogP contribution is 2.15. The number of rotatable bonds is 0. The molecule has 0 saturated heterocycles. The summed E-state index contributed by atoms with van der Waals surface area (Å²) >= 11 is 0. The van der Waals surface area contributed by atoms with Crippen molar-refractivity contribution >= 4 is 5.71 Å². The Hall–Kier alpha value is -0.530. The zero-order chi connectivity index (χ0) is 12.2. The van der Waals surface area contributed by atoms with Gasteiger partial charge in [-0.3, -0.25) is 0 Å². The van der Waals surface area contributed by atoms with Crippen LogP contribution >= 0.6 is 0 Å². The lowest BCUT2D eigenvalue weighted by atomic mass is 10.0. The Labute approximate surface area is 106 Å². The van der Waals surface area contributed by atoms with E-state index in [-0.39, 0.29) is 0 Å². The second-order valence-corrected chi connectivity index (χ2v) is 5.40. The second-order valence-electron chi connectivity index (χ2n) is 5.40. The standard InChI is InChI=1S/C15H28NO/c17-16-15-13-11-9-7-5-3-1-2-4-6-8-10-12-14-15/h1-14H2. The summed E-state index contributed by atoms with van der Waals surface area (Å²) in [6.45, 7) is 0. The normalized spacial score (nSPS) is 22.5. The molecule has 0 atom stereocenters. The van der Waals surface area contributed by atoms with Crippen molar-refractivity contribution in [2.45, 2.75) is 89.9 Å². The molecule has 0 bridgehead atoms. The maximum absolute atomic E-state index is 10.7. The van der Waals surface area contributed by atoms with Crippen molar-refractivity contribution < 1.29 is 5.21 Å². The molecule has 1 fully saturated rings. The molecule has 0 unspecified atom stereocenters. The number of hydrogen-bond acceptors (Lipinski definition) is 1. The van der Waals surface area contributed by atoms with Gasteiger partial charge in [-0.05, 0) is 30.8 Å². The molecule has 1 rings (SSSR count). The van der Waals surface area contributed by atoms with Crippen LogP contribution in [0.15, 0.2) is 5.16 Å². The molecule has 2 nitrogen and oxygen atoms in total. The first-order valence-corrected chi connectivity index (χ1v) is 7.61. The van der Waals surface area contributed by atoms with Crippen LogP contribution in [-0.4, -0.2) is 5.71 Å². The summed E-state index contributed by atoms with van der Waals surface area (Å²) in [6.07, 6.45) is 17.9. The lowest BCUT2D eigenvalue weighted by Gasteiger charge is -2.03. The van der Waals surface area contributed by atoms with Crippen molar-refractivity contribution in [1.82, 2.24) is 0 Å². The fourth-order valence-corrected chi connectivity index (χ4v) is 2.64. The van der Waals surface area contributed by atoms with Crippen molar-refractivity contribution in [3.63, 3.8) is 0 Å². The minimum absolute atomic E-state index is 0.917. The summed E-state index contributed by atoms with van der Waals surface area (Å²) < 4.78 is 0. The molecule has 1 radical (unpaired) electrons. The Balaban J connectivity index is 2.21. The summed E-state index contributed by atoms with van der Waals surface area (Å²) in [5.41, 5.74) is 0.917. The van der Waals surface area contributed by atoms with E-state index >= 15 is 0 Å². The maximum Gasteiger partial charge on any atom is 0.0624 e. The van der Waals surface area contributed by atoms with Gasteiger partial charge in [0.05, 0.1) is 5.71 Å². The van der Waals surface area contributed by atoms with E-state index in [1.165, 1.54) is 77.0 Å². The summed E-state index contributed by atoms with van der Waals surface area (Å²) in [7, 11) is 0. The molecular weight excluding hydrogens is 210 g/mol. The van der Waals surface area contributed by atoms with Gasteiger partial charge < -0.3 is 0 Å². The summed E-state index contributed by atoms with van der Waals surface area (Å²) in [4.78, 5) is 0. The highest BCUT2D eigenvalue weighted by Gasteiger charge is 2.02. The monoisotopic (exact) mass is 238 g/mol. The largest absolute Gasteiger partial charge is 0.145 e. The molecule has 0 N–H and O–H groups in total. The van der Waals surface area contributed by atoms with E-state index in [0.29, 0.717) is 0 Å². The van der Waals surface area contributed by atoms with Crippen LogP contribution < -0.4 is 0 Å². The van der Waals surface area contributed by atoms with Crippen molar-refractivity contribution in [2.24, 2.45) is 5.16 Å². The lowest BCUT2D eigenvalue weighted by Crippen LogP contribution is -1.98. The van der Waals surface area contributed by atoms with E-state index in [2.05, 4.69) is 5.16 Å². The molecule has 0 aromatic heterocycles. The average molecular weight is 238 g/mol. The van der Waals surface area contributed by atoms with Gasteiger partial charge >= 0.3 is 0 Å². The zero-order valence-corrected chi connectivity index (χ0v) is 11.3. The predicted octanol–water partition coefficient (Wildman–Crippen LogP) is 5.25. The average Bonchev–Trinajstić information content (AvgIpc) is 2.36. The van der Waals surface area contributed by atoms with E-state index in [1.807, 2.05) is 0 Å². The molecule has 0 heterocycles. The van der Waals surface area contributed by atoms with Gasteiger partial charge in [-0.25, -0.2) is 0 Å². The van der Waals surface area contributed by atoms with Crippen molar-refractivity contribution in [2.75, 3.05) is 0 Å². The molecule has 0 spiro atoms. The van der Waals surface area contributed by atoms with E-state index in [9.17, 15) is 5.21 Å². The second kappa shape index (κ2) is 10.6. The van der Waals surface area contributed by atoms with Gasteiger partial charge in [0.1, 0.15) is 0 Å². The van der Waals surface area contributed by atoms with Crippen LogP contribution in [0.3, 0.4) is 0 Å². The molecule has 0 amide bonds. The predicted molar refractivity (Wildman–Crippen MR) is 72.8 cm³/mol. The Kier molecular flexibility index (Phi) is 9.07. The molecule has 1 aliphatic carbocycles. The van der Waals surface area contributed by atoms with Gasteiger partial charge in [0, 0.05) is 0 Å². The van der Waals surface area contributed by atoms with Crippen molar-refractivity contribution in [3.8, 4) is 0 Å². The van der Waals surface area contributed by atoms with E-state index < -0.39 is 0 Å². The summed E-state index contributed by atoms with van der Waals surface area (Å²) in [5.74, 6) is 0. The van der Waals surface area contributed by atoms with Gasteiger partial charge in [0.2, 0.25) is 0 Å². The molecule has 0 aliphatic heterocycles. The third kappa shape index (κ3) is 8.23. The third-order valence-electron chi connectivity index (χ3n) is 3.81. The minimum atomic E-state index is 0.917. The van der Waals surface area contributed by atoms with Crippen LogP contribution in [0.25, 0.3) is 0 Å². The van der Waals surface area contributed by atoms with E-state index in [0.717, 1.165) is 18.6 Å². The Morgan fingerprint density at radius 1 is 0.529 bits per heavy atom. The molecular formula is C15H28NO. The van der Waals surface area contributed by atoms with Crippen LogP contribution in [0, 0.1) is 0 Å². The van der Waals surface area contributed by atoms with Gasteiger partial charge in [0.25, 0.3) is 0 Å². The highest BCUT2D eigenvalue weighted by atomic mass is 16.4. The number of hydrogen-bond donors (Lipinski definition) is 0. The van der Waals surface area contributed by atoms with Crippen molar-refractivity contribution in [1.29, 1.82) is 0 Å². The molecule has 17 heavy (non-hydrogen) atoms. The Bertz CT molecular complexity index is 183. The SMILES string of the molecule is [O]N=C1CCCCCCCCCCCCCC1. The van der Waals surface area contributed by atoms with Gasteiger partial charge in [-0.15, -0.1) is 5.21 Å². The van der Waals surface area contributed by atoms with Gasteiger partial charge in [-0.1, -0.05) is 64.2 Å². The molecule has 0 aromatic rings. The Morgan fingerprint density at radius 3 is 1.12 bits per heavy atom. The molecule has 1 aliphatic rings. The fraction of sp³-hybridized carbons (Fsp3) is 0.933. The smallest absolute Gasteiger partial charge is 0.0624 e. The molecule has 99 valence electrons. The van der Waals surface area contributed by atoms with Crippen LogP contribution in [0.2, 0.25) is 0 Å². The topological polar surface area (TPSA) is 32.3 Å². The van der Waals surface area contributed by atoms with E-state index in [4.69, 9.17) is 0 Å². The van der Waals surface area contributed by atoms with Crippen LogP contribution in [-0.2, 0) is 5.21 Å². The number of nitrogens with zero attached hydrogens (tertiary/aromatic N) is 1. The summed E-state index contributed by atoms with van der Waals surface area (Å²) in [5, 5.41) is 13.9. The first kappa shape index (κ1) is 14.5. The molecule has 2 heteroatoms. The lowest BCUT2D eigenvalue weighted by molar-refractivity contribution is 0.207. The van der Waals surface area contributed by atoms with Crippen molar-refractivity contribution in [3.05, 3.63) is 0 Å². The van der Waals surface area contributed by atoms with Crippen LogP contribution in [0.5, 0.6) is 0 Å².